The number of piperazine rings is 1. The third kappa shape index (κ3) is 6.88. The van der Waals surface area contributed by atoms with E-state index >= 15 is 0 Å². The molecule has 3 amide bonds. The van der Waals surface area contributed by atoms with E-state index in [2.05, 4.69) is 15.5 Å². The van der Waals surface area contributed by atoms with Gasteiger partial charge in [-0.3, -0.25) is 14.5 Å². The number of carbonyl (C=O) groups excluding carboxylic acids is 3. The van der Waals surface area contributed by atoms with Crippen molar-refractivity contribution in [2.24, 2.45) is 0 Å². The predicted molar refractivity (Wildman–Crippen MR) is 103 cm³/mol. The van der Waals surface area contributed by atoms with Crippen molar-refractivity contribution in [1.29, 1.82) is 0 Å². The molecular weight excluding hydrogens is 364 g/mol. The molecule has 156 valence electrons. The highest BCUT2D eigenvalue weighted by Crippen LogP contribution is 2.11. The lowest BCUT2D eigenvalue weighted by Gasteiger charge is -2.35. The molecule has 1 aliphatic rings. The van der Waals surface area contributed by atoms with Gasteiger partial charge in [0, 0.05) is 39.3 Å². The Morgan fingerprint density at radius 3 is 2.46 bits per heavy atom. The smallest absolute Gasteiger partial charge is 0.410 e. The van der Waals surface area contributed by atoms with E-state index < -0.39 is 11.6 Å². The summed E-state index contributed by atoms with van der Waals surface area (Å²) >= 11 is 0. The molecule has 1 aromatic heterocycles. The van der Waals surface area contributed by atoms with E-state index in [1.807, 2.05) is 20.8 Å². The second-order valence-corrected chi connectivity index (χ2v) is 7.81. The number of hydrogen-bond donors (Lipinski definition) is 2. The van der Waals surface area contributed by atoms with Crippen molar-refractivity contribution in [3.05, 3.63) is 24.2 Å². The van der Waals surface area contributed by atoms with Crippen molar-refractivity contribution >= 4 is 17.9 Å². The molecule has 2 rings (SSSR count). The third-order valence-electron chi connectivity index (χ3n) is 4.28. The lowest BCUT2D eigenvalue weighted by Crippen LogP contribution is -2.52. The maximum absolute atomic E-state index is 12.1. The topological polar surface area (TPSA) is 104 Å². The maximum Gasteiger partial charge on any atom is 0.410 e. The number of amides is 3. The first-order valence-electron chi connectivity index (χ1n) is 9.47. The highest BCUT2D eigenvalue weighted by Gasteiger charge is 2.25. The van der Waals surface area contributed by atoms with Gasteiger partial charge in [0.1, 0.15) is 17.9 Å². The van der Waals surface area contributed by atoms with E-state index in [1.165, 1.54) is 18.6 Å². The Morgan fingerprint density at radius 2 is 1.89 bits per heavy atom. The molecule has 0 radical (unpaired) electrons. The fourth-order valence-electron chi connectivity index (χ4n) is 2.71. The lowest BCUT2D eigenvalue weighted by molar-refractivity contribution is -0.122. The van der Waals surface area contributed by atoms with Gasteiger partial charge in [-0.15, -0.1) is 0 Å². The number of nitrogens with zero attached hydrogens (tertiary/aromatic N) is 2. The number of ether oxygens (including phenoxy) is 1. The summed E-state index contributed by atoms with van der Waals surface area (Å²) < 4.78 is 10.2. The van der Waals surface area contributed by atoms with Crippen molar-refractivity contribution in [2.45, 2.75) is 39.3 Å². The van der Waals surface area contributed by atoms with Gasteiger partial charge in [-0.25, -0.2) is 4.79 Å². The van der Waals surface area contributed by atoms with E-state index in [1.54, 1.807) is 11.8 Å². The molecule has 1 saturated heterocycles. The van der Waals surface area contributed by atoms with E-state index in [9.17, 15) is 14.4 Å². The van der Waals surface area contributed by atoms with Gasteiger partial charge in [0.25, 0.3) is 5.91 Å². The normalized spacial score (nSPS) is 16.4. The minimum atomic E-state index is -0.647. The number of furan rings is 1. The van der Waals surface area contributed by atoms with Gasteiger partial charge < -0.3 is 24.7 Å². The van der Waals surface area contributed by atoms with Crippen LogP contribution in [0.15, 0.2) is 23.0 Å². The van der Waals surface area contributed by atoms with Crippen LogP contribution < -0.4 is 10.6 Å². The van der Waals surface area contributed by atoms with E-state index in [4.69, 9.17) is 9.15 Å². The van der Waals surface area contributed by atoms with Gasteiger partial charge in [-0.2, -0.15) is 0 Å². The quantitative estimate of drug-likeness (QED) is 0.748. The van der Waals surface area contributed by atoms with Crippen LogP contribution in [-0.4, -0.2) is 78.6 Å². The molecule has 0 saturated carbocycles. The molecule has 2 heterocycles. The summed E-state index contributed by atoms with van der Waals surface area (Å²) in [7, 11) is 0. The monoisotopic (exact) mass is 394 g/mol. The molecule has 1 aliphatic heterocycles. The molecule has 9 nitrogen and oxygen atoms in total. The molecule has 1 aromatic rings. The van der Waals surface area contributed by atoms with Crippen LogP contribution in [0, 0.1) is 0 Å². The molecule has 0 bridgehead atoms. The highest BCUT2D eigenvalue weighted by atomic mass is 16.6. The Bertz CT molecular complexity index is 660. The molecule has 0 aliphatic carbocycles. The van der Waals surface area contributed by atoms with Crippen LogP contribution in [0.5, 0.6) is 0 Å². The number of carbonyl (C=O) groups is 3. The molecule has 2 N–H and O–H groups in total. The Morgan fingerprint density at radius 1 is 1.21 bits per heavy atom. The largest absolute Gasteiger partial charge is 0.472 e. The first-order chi connectivity index (χ1) is 13.2. The molecule has 0 aromatic carbocycles. The standard InChI is InChI=1S/C19H30N4O5/c1-14(21-17(25)15-5-12-27-13-15)16(24)20-6-7-22-8-10-23(11-9-22)18(26)28-19(2,3)4/h5,12-14H,6-11H2,1-4H3,(H,20,24)(H,21,25). The molecule has 1 unspecified atom stereocenters. The van der Waals surface area contributed by atoms with Gasteiger partial charge in [0.15, 0.2) is 0 Å². The van der Waals surface area contributed by atoms with Crippen LogP contribution >= 0.6 is 0 Å². The van der Waals surface area contributed by atoms with Crippen molar-refractivity contribution in [3.8, 4) is 0 Å². The van der Waals surface area contributed by atoms with Crippen molar-refractivity contribution in [1.82, 2.24) is 20.4 Å². The fraction of sp³-hybridized carbons (Fsp3) is 0.632. The summed E-state index contributed by atoms with van der Waals surface area (Å²) in [5, 5.41) is 5.45. The summed E-state index contributed by atoms with van der Waals surface area (Å²) in [5.41, 5.74) is -0.120. The van der Waals surface area contributed by atoms with E-state index in [0.29, 0.717) is 31.7 Å². The second kappa shape index (κ2) is 9.59. The Balaban J connectivity index is 1.64. The van der Waals surface area contributed by atoms with Gasteiger partial charge >= 0.3 is 6.09 Å². The van der Waals surface area contributed by atoms with Crippen LogP contribution in [0.3, 0.4) is 0 Å². The first-order valence-corrected chi connectivity index (χ1v) is 9.47. The molecule has 0 spiro atoms. The van der Waals surface area contributed by atoms with Crippen LogP contribution in [0.1, 0.15) is 38.1 Å². The summed E-state index contributed by atoms with van der Waals surface area (Å²) in [5.74, 6) is -0.598. The van der Waals surface area contributed by atoms with Gasteiger partial charge in [0.2, 0.25) is 5.91 Å². The maximum atomic E-state index is 12.1. The molecule has 28 heavy (non-hydrogen) atoms. The third-order valence-corrected chi connectivity index (χ3v) is 4.28. The number of rotatable bonds is 6. The summed E-state index contributed by atoms with van der Waals surface area (Å²) in [6.07, 6.45) is 2.45. The zero-order chi connectivity index (χ0) is 20.7. The number of nitrogens with one attached hydrogen (secondary N) is 2. The molecular formula is C19H30N4O5. The average molecular weight is 394 g/mol. The Kier molecular flexibility index (Phi) is 7.45. The molecule has 1 fully saturated rings. The predicted octanol–water partition coefficient (Wildman–Crippen LogP) is 1.07. The zero-order valence-electron chi connectivity index (χ0n) is 17.0. The first kappa shape index (κ1) is 21.7. The lowest BCUT2D eigenvalue weighted by atomic mass is 10.2. The molecule has 1 atom stereocenters. The highest BCUT2D eigenvalue weighted by molar-refractivity contribution is 5.97. The zero-order valence-corrected chi connectivity index (χ0v) is 17.0. The van der Waals surface area contributed by atoms with Gasteiger partial charge in [0.05, 0.1) is 11.8 Å². The fourth-order valence-corrected chi connectivity index (χ4v) is 2.71. The van der Waals surface area contributed by atoms with Gasteiger partial charge in [-0.05, 0) is 33.8 Å². The van der Waals surface area contributed by atoms with Crippen LogP contribution in [0.2, 0.25) is 0 Å². The van der Waals surface area contributed by atoms with Crippen LogP contribution in [-0.2, 0) is 9.53 Å². The van der Waals surface area contributed by atoms with Crippen molar-refractivity contribution in [2.75, 3.05) is 39.3 Å². The SMILES string of the molecule is CC(NC(=O)c1ccoc1)C(=O)NCCN1CCN(C(=O)OC(C)(C)C)CC1. The van der Waals surface area contributed by atoms with Crippen molar-refractivity contribution < 1.29 is 23.5 Å². The molecule has 9 heteroatoms. The number of hydrogen-bond acceptors (Lipinski definition) is 6. The minimum Gasteiger partial charge on any atom is -0.472 e. The van der Waals surface area contributed by atoms with Crippen molar-refractivity contribution in [3.63, 3.8) is 0 Å². The summed E-state index contributed by atoms with van der Waals surface area (Å²) in [6.45, 7) is 11.0. The van der Waals surface area contributed by atoms with E-state index in [-0.39, 0.29) is 17.9 Å². The van der Waals surface area contributed by atoms with E-state index in [0.717, 1.165) is 13.1 Å². The van der Waals surface area contributed by atoms with Gasteiger partial charge in [-0.1, -0.05) is 0 Å². The Labute approximate surface area is 165 Å². The minimum absolute atomic E-state index is 0.246. The second-order valence-electron chi connectivity index (χ2n) is 7.81. The van der Waals surface area contributed by atoms with Crippen LogP contribution in [0.4, 0.5) is 4.79 Å². The average Bonchev–Trinajstić information content (AvgIpc) is 3.15. The summed E-state index contributed by atoms with van der Waals surface area (Å²) in [6, 6.07) is 0.892. The Hall–Kier alpha value is -2.55. The van der Waals surface area contributed by atoms with Crippen LogP contribution in [0.25, 0.3) is 0 Å². The summed E-state index contributed by atoms with van der Waals surface area (Å²) in [4.78, 5) is 40.0.